The van der Waals surface area contributed by atoms with Gasteiger partial charge in [-0.15, -0.1) is 10.2 Å². The standard InChI is InChI=1S/C19H15N5O/c1-13-6-2-4-8-15(13)21-18-11-10-17(23-24-18)19(25)22-16-9-5-3-7-14(16)12-20/h2-11H,1H3,(H,21,24)(H,22,25). The van der Waals surface area contributed by atoms with Crippen molar-refractivity contribution in [3.63, 3.8) is 0 Å². The molecule has 1 aromatic heterocycles. The highest BCUT2D eigenvalue weighted by atomic mass is 16.1. The maximum absolute atomic E-state index is 12.3. The molecular formula is C19H15N5O. The summed E-state index contributed by atoms with van der Waals surface area (Å²) in [5, 5.41) is 22.9. The van der Waals surface area contributed by atoms with Crippen molar-refractivity contribution in [1.82, 2.24) is 10.2 Å². The summed E-state index contributed by atoms with van der Waals surface area (Å²) >= 11 is 0. The number of aryl methyl sites for hydroxylation is 1. The average Bonchev–Trinajstić information content (AvgIpc) is 2.64. The molecule has 0 spiro atoms. The molecular weight excluding hydrogens is 314 g/mol. The minimum atomic E-state index is -0.419. The highest BCUT2D eigenvalue weighted by molar-refractivity contribution is 6.03. The molecule has 0 aliphatic rings. The van der Waals surface area contributed by atoms with Gasteiger partial charge in [0.2, 0.25) is 0 Å². The zero-order valence-electron chi connectivity index (χ0n) is 13.5. The van der Waals surface area contributed by atoms with E-state index in [2.05, 4.69) is 20.8 Å². The Morgan fingerprint density at radius 3 is 2.36 bits per heavy atom. The Morgan fingerprint density at radius 1 is 0.960 bits per heavy atom. The van der Waals surface area contributed by atoms with Gasteiger partial charge in [-0.3, -0.25) is 4.79 Å². The number of hydrogen-bond donors (Lipinski definition) is 2. The second-order valence-electron chi connectivity index (χ2n) is 5.36. The van der Waals surface area contributed by atoms with E-state index in [0.717, 1.165) is 11.3 Å². The van der Waals surface area contributed by atoms with Gasteiger partial charge in [0, 0.05) is 5.69 Å². The Morgan fingerprint density at radius 2 is 1.68 bits per heavy atom. The van der Waals surface area contributed by atoms with Crippen LogP contribution in [0.25, 0.3) is 0 Å². The number of carbonyl (C=O) groups excluding carboxylic acids is 1. The molecule has 2 aromatic carbocycles. The fraction of sp³-hybridized carbons (Fsp3) is 0.0526. The normalized spacial score (nSPS) is 9.92. The third-order valence-electron chi connectivity index (χ3n) is 3.60. The fourth-order valence-corrected chi connectivity index (χ4v) is 2.25. The molecule has 25 heavy (non-hydrogen) atoms. The quantitative estimate of drug-likeness (QED) is 0.762. The molecule has 0 radical (unpaired) electrons. The molecule has 6 heteroatoms. The van der Waals surface area contributed by atoms with Gasteiger partial charge in [-0.2, -0.15) is 5.26 Å². The van der Waals surface area contributed by atoms with Gasteiger partial charge in [-0.05, 0) is 42.8 Å². The molecule has 0 fully saturated rings. The summed E-state index contributed by atoms with van der Waals surface area (Å²) in [5.74, 6) is 0.126. The number of nitrogens with zero attached hydrogens (tertiary/aromatic N) is 3. The Labute approximate surface area is 145 Å². The van der Waals surface area contributed by atoms with Crippen molar-refractivity contribution in [3.05, 3.63) is 77.5 Å². The van der Waals surface area contributed by atoms with Gasteiger partial charge >= 0.3 is 0 Å². The number of hydrogen-bond acceptors (Lipinski definition) is 5. The van der Waals surface area contributed by atoms with Crippen molar-refractivity contribution in [2.75, 3.05) is 10.6 Å². The molecule has 0 aliphatic carbocycles. The van der Waals surface area contributed by atoms with Crippen LogP contribution in [0.2, 0.25) is 0 Å². The number of carbonyl (C=O) groups is 1. The Bertz CT molecular complexity index is 945. The summed E-state index contributed by atoms with van der Waals surface area (Å²) in [4.78, 5) is 12.3. The Hall–Kier alpha value is -3.72. The average molecular weight is 329 g/mol. The number of nitriles is 1. The van der Waals surface area contributed by atoms with Crippen LogP contribution in [-0.2, 0) is 0 Å². The van der Waals surface area contributed by atoms with E-state index in [-0.39, 0.29) is 5.69 Å². The van der Waals surface area contributed by atoms with E-state index < -0.39 is 5.91 Å². The summed E-state index contributed by atoms with van der Waals surface area (Å²) in [6.45, 7) is 1.99. The second kappa shape index (κ2) is 7.23. The van der Waals surface area contributed by atoms with E-state index in [4.69, 9.17) is 5.26 Å². The largest absolute Gasteiger partial charge is 0.339 e. The first-order chi connectivity index (χ1) is 12.2. The first-order valence-corrected chi connectivity index (χ1v) is 7.64. The van der Waals surface area contributed by atoms with Crippen molar-refractivity contribution in [2.24, 2.45) is 0 Å². The molecule has 3 aromatic rings. The lowest BCUT2D eigenvalue weighted by atomic mass is 10.2. The number of nitrogens with one attached hydrogen (secondary N) is 2. The molecule has 0 bridgehead atoms. The number of para-hydroxylation sites is 2. The lowest BCUT2D eigenvalue weighted by molar-refractivity contribution is 0.102. The molecule has 0 unspecified atom stereocenters. The van der Waals surface area contributed by atoms with Crippen molar-refractivity contribution < 1.29 is 4.79 Å². The summed E-state index contributed by atoms with van der Waals surface area (Å²) in [7, 11) is 0. The zero-order valence-corrected chi connectivity index (χ0v) is 13.5. The Kier molecular flexibility index (Phi) is 4.67. The minimum Gasteiger partial charge on any atom is -0.339 e. The number of benzene rings is 2. The smallest absolute Gasteiger partial charge is 0.276 e. The first-order valence-electron chi connectivity index (χ1n) is 7.64. The van der Waals surface area contributed by atoms with E-state index in [1.165, 1.54) is 0 Å². The van der Waals surface area contributed by atoms with Crippen molar-refractivity contribution in [3.8, 4) is 6.07 Å². The highest BCUT2D eigenvalue weighted by Gasteiger charge is 2.11. The van der Waals surface area contributed by atoms with Crippen molar-refractivity contribution in [1.29, 1.82) is 5.26 Å². The van der Waals surface area contributed by atoms with Gasteiger partial charge in [-0.1, -0.05) is 30.3 Å². The van der Waals surface area contributed by atoms with E-state index in [1.807, 2.05) is 37.3 Å². The van der Waals surface area contributed by atoms with Crippen molar-refractivity contribution in [2.45, 2.75) is 6.92 Å². The van der Waals surface area contributed by atoms with Crippen LogP contribution in [0, 0.1) is 18.3 Å². The predicted octanol–water partition coefficient (Wildman–Crippen LogP) is 3.65. The lowest BCUT2D eigenvalue weighted by Crippen LogP contribution is -2.15. The first kappa shape index (κ1) is 16.1. The van der Waals surface area contributed by atoms with E-state index >= 15 is 0 Å². The number of rotatable bonds is 4. The van der Waals surface area contributed by atoms with Crippen LogP contribution in [0.1, 0.15) is 21.6 Å². The summed E-state index contributed by atoms with van der Waals surface area (Å²) < 4.78 is 0. The maximum Gasteiger partial charge on any atom is 0.276 e. The third kappa shape index (κ3) is 3.79. The minimum absolute atomic E-state index is 0.170. The van der Waals surface area contributed by atoms with Gasteiger partial charge < -0.3 is 10.6 Å². The number of anilines is 3. The van der Waals surface area contributed by atoms with Crippen LogP contribution < -0.4 is 10.6 Å². The number of aromatic nitrogens is 2. The van der Waals surface area contributed by atoms with Gasteiger partial charge in [0.15, 0.2) is 11.5 Å². The van der Waals surface area contributed by atoms with Crippen LogP contribution in [-0.4, -0.2) is 16.1 Å². The van der Waals surface area contributed by atoms with E-state index in [1.54, 1.807) is 36.4 Å². The van der Waals surface area contributed by atoms with E-state index in [9.17, 15) is 4.79 Å². The van der Waals surface area contributed by atoms with Gasteiger partial charge in [-0.25, -0.2) is 0 Å². The monoisotopic (exact) mass is 329 g/mol. The molecule has 3 rings (SSSR count). The molecule has 6 nitrogen and oxygen atoms in total. The Balaban J connectivity index is 1.73. The highest BCUT2D eigenvalue weighted by Crippen LogP contribution is 2.18. The predicted molar refractivity (Wildman–Crippen MR) is 95.6 cm³/mol. The van der Waals surface area contributed by atoms with Gasteiger partial charge in [0.25, 0.3) is 5.91 Å². The third-order valence-corrected chi connectivity index (χ3v) is 3.60. The maximum atomic E-state index is 12.3. The van der Waals surface area contributed by atoms with Gasteiger partial charge in [0.1, 0.15) is 6.07 Å². The van der Waals surface area contributed by atoms with Crippen LogP contribution in [0.4, 0.5) is 17.2 Å². The van der Waals surface area contributed by atoms with Crippen LogP contribution in [0.15, 0.2) is 60.7 Å². The van der Waals surface area contributed by atoms with Crippen molar-refractivity contribution >= 4 is 23.1 Å². The second-order valence-corrected chi connectivity index (χ2v) is 5.36. The molecule has 2 N–H and O–H groups in total. The summed E-state index contributed by atoms with van der Waals surface area (Å²) in [6, 6.07) is 19.9. The van der Waals surface area contributed by atoms with Gasteiger partial charge in [0.05, 0.1) is 11.3 Å². The SMILES string of the molecule is Cc1ccccc1Nc1ccc(C(=O)Nc2ccccc2C#N)nn1. The molecule has 1 heterocycles. The van der Waals surface area contributed by atoms with Crippen LogP contribution in [0.3, 0.4) is 0 Å². The summed E-state index contributed by atoms with van der Waals surface area (Å²) in [5.41, 5.74) is 3.01. The lowest BCUT2D eigenvalue weighted by Gasteiger charge is -2.09. The van der Waals surface area contributed by atoms with Crippen LogP contribution >= 0.6 is 0 Å². The van der Waals surface area contributed by atoms with E-state index in [0.29, 0.717) is 17.1 Å². The molecule has 122 valence electrons. The topological polar surface area (TPSA) is 90.7 Å². The number of amides is 1. The van der Waals surface area contributed by atoms with Crippen LogP contribution in [0.5, 0.6) is 0 Å². The molecule has 0 aliphatic heterocycles. The summed E-state index contributed by atoms with van der Waals surface area (Å²) in [6.07, 6.45) is 0. The molecule has 1 amide bonds. The fourth-order valence-electron chi connectivity index (χ4n) is 2.25. The zero-order chi connectivity index (χ0) is 17.6. The molecule has 0 saturated carbocycles. The molecule has 0 saturated heterocycles. The molecule has 0 atom stereocenters.